The summed E-state index contributed by atoms with van der Waals surface area (Å²) in [4.78, 5) is 19.8. The van der Waals surface area contributed by atoms with Crippen molar-refractivity contribution in [2.75, 3.05) is 0 Å². The Hall–Kier alpha value is -1.75. The zero-order chi connectivity index (χ0) is 17.4. The number of rotatable bonds is 2. The first-order chi connectivity index (χ1) is 10.5. The molecule has 2 heterocycles. The minimum absolute atomic E-state index is 0.234. The van der Waals surface area contributed by atoms with Crippen LogP contribution in [0.1, 0.15) is 11.3 Å². The van der Waals surface area contributed by atoms with Gasteiger partial charge in [0.25, 0.3) is 5.56 Å². The first-order valence-electron chi connectivity index (χ1n) is 5.56. The number of pyridine rings is 1. The molecule has 0 aliphatic heterocycles. The smallest absolute Gasteiger partial charge is 0.301 e. The Morgan fingerprint density at radius 2 is 1.74 bits per heavy atom. The highest BCUT2D eigenvalue weighted by molar-refractivity contribution is 7.99. The van der Waals surface area contributed by atoms with Crippen molar-refractivity contribution in [1.82, 2.24) is 15.0 Å². The van der Waals surface area contributed by atoms with Crippen molar-refractivity contribution in [3.05, 3.63) is 45.0 Å². The molecule has 0 spiro atoms. The lowest BCUT2D eigenvalue weighted by Gasteiger charge is -2.09. The first-order valence-corrected chi connectivity index (χ1v) is 6.75. The Labute approximate surface area is 132 Å². The van der Waals surface area contributed by atoms with E-state index in [1.54, 1.807) is 0 Å². The molecule has 2 rings (SSSR count). The van der Waals surface area contributed by atoms with Crippen molar-refractivity contribution in [2.45, 2.75) is 22.5 Å². The summed E-state index contributed by atoms with van der Waals surface area (Å²) in [5.41, 5.74) is -3.62. The molecule has 0 aromatic carbocycles. The second-order valence-corrected chi connectivity index (χ2v) is 5.43. The molecule has 0 radical (unpaired) electrons. The summed E-state index contributed by atoms with van der Waals surface area (Å²) < 4.78 is 75.1. The van der Waals surface area contributed by atoms with E-state index >= 15 is 0 Å². The molecule has 124 valence electrons. The Balaban J connectivity index is 2.37. The molecule has 0 amide bonds. The molecule has 4 nitrogen and oxygen atoms in total. The van der Waals surface area contributed by atoms with E-state index in [1.165, 1.54) is 0 Å². The lowest BCUT2D eigenvalue weighted by atomic mass is 10.3. The SMILES string of the molecule is O=c1cc(C(F)(F)F)nc(Sc2ncc(C(F)(F)F)cc2Cl)[nH]1. The van der Waals surface area contributed by atoms with Crippen LogP contribution in [0.25, 0.3) is 0 Å². The van der Waals surface area contributed by atoms with Gasteiger partial charge in [0.05, 0.1) is 10.6 Å². The minimum atomic E-state index is -4.85. The molecule has 1 N–H and O–H groups in total. The van der Waals surface area contributed by atoms with Crippen molar-refractivity contribution >= 4 is 23.4 Å². The number of alkyl halides is 6. The number of hydrogen-bond donors (Lipinski definition) is 1. The fourth-order valence-electron chi connectivity index (χ4n) is 1.38. The molecule has 23 heavy (non-hydrogen) atoms. The van der Waals surface area contributed by atoms with Crippen LogP contribution < -0.4 is 5.56 Å². The zero-order valence-corrected chi connectivity index (χ0v) is 12.2. The van der Waals surface area contributed by atoms with Gasteiger partial charge in [0.2, 0.25) is 0 Å². The quantitative estimate of drug-likeness (QED) is 0.636. The Kier molecular flexibility index (Phi) is 4.62. The van der Waals surface area contributed by atoms with Gasteiger partial charge in [-0.2, -0.15) is 26.3 Å². The number of nitrogens with zero attached hydrogens (tertiary/aromatic N) is 2. The standard InChI is InChI=1S/C11H4ClF6N3OS/c12-5-1-4(10(13,14)15)3-19-8(5)23-9-20-6(11(16,17)18)2-7(22)21-9/h1-3H,(H,20,21,22). The number of aromatic amines is 1. The second kappa shape index (κ2) is 6.04. The van der Waals surface area contributed by atoms with Gasteiger partial charge in [0, 0.05) is 12.3 Å². The predicted molar refractivity (Wildman–Crippen MR) is 68.2 cm³/mol. The Morgan fingerprint density at radius 1 is 1.09 bits per heavy atom. The van der Waals surface area contributed by atoms with Crippen molar-refractivity contribution in [2.24, 2.45) is 0 Å². The maximum Gasteiger partial charge on any atom is 0.433 e. The lowest BCUT2D eigenvalue weighted by molar-refractivity contribution is -0.141. The molecule has 0 bridgehead atoms. The normalized spacial score (nSPS) is 12.5. The van der Waals surface area contributed by atoms with Crippen molar-refractivity contribution in [3.63, 3.8) is 0 Å². The van der Waals surface area contributed by atoms with E-state index in [0.717, 1.165) is 0 Å². The van der Waals surface area contributed by atoms with E-state index < -0.39 is 39.3 Å². The van der Waals surface area contributed by atoms with Gasteiger partial charge in [-0.3, -0.25) is 4.79 Å². The predicted octanol–water partition coefficient (Wildman–Crippen LogP) is 4.01. The Morgan fingerprint density at radius 3 is 2.26 bits per heavy atom. The van der Waals surface area contributed by atoms with Crippen LogP contribution in [-0.4, -0.2) is 15.0 Å². The molecule has 0 aliphatic rings. The van der Waals surface area contributed by atoms with Crippen LogP contribution in [0.3, 0.4) is 0 Å². The molecule has 0 fully saturated rings. The van der Waals surface area contributed by atoms with Crippen LogP contribution in [0, 0.1) is 0 Å². The van der Waals surface area contributed by atoms with E-state index in [4.69, 9.17) is 11.6 Å². The third kappa shape index (κ3) is 4.38. The van der Waals surface area contributed by atoms with Crippen LogP contribution in [0.15, 0.2) is 33.3 Å². The molecule has 0 atom stereocenters. The average Bonchev–Trinajstić information content (AvgIpc) is 2.38. The van der Waals surface area contributed by atoms with Gasteiger partial charge in [0.15, 0.2) is 10.9 Å². The molecule has 2 aromatic heterocycles. The van der Waals surface area contributed by atoms with E-state index in [-0.39, 0.29) is 11.1 Å². The number of aromatic nitrogens is 3. The van der Waals surface area contributed by atoms with Gasteiger partial charge in [-0.05, 0) is 17.8 Å². The highest BCUT2D eigenvalue weighted by atomic mass is 35.5. The Bertz CT molecular complexity index is 789. The first kappa shape index (κ1) is 17.6. The third-order valence-corrected chi connectivity index (χ3v) is 3.64. The van der Waals surface area contributed by atoms with Crippen LogP contribution in [-0.2, 0) is 12.4 Å². The van der Waals surface area contributed by atoms with E-state index in [9.17, 15) is 31.1 Å². The number of hydrogen-bond acceptors (Lipinski definition) is 4. The minimum Gasteiger partial charge on any atom is -0.301 e. The summed E-state index contributed by atoms with van der Waals surface area (Å²) in [5.74, 6) is 0. The monoisotopic (exact) mass is 375 g/mol. The van der Waals surface area contributed by atoms with E-state index in [1.807, 2.05) is 4.98 Å². The molecule has 0 unspecified atom stereocenters. The average molecular weight is 376 g/mol. The third-order valence-electron chi connectivity index (χ3n) is 2.34. The summed E-state index contributed by atoms with van der Waals surface area (Å²) >= 11 is 6.03. The summed E-state index contributed by atoms with van der Waals surface area (Å²) in [6, 6.07) is 0.828. The molecule has 0 saturated carbocycles. The fraction of sp³-hybridized carbons (Fsp3) is 0.182. The van der Waals surface area contributed by atoms with Crippen LogP contribution in [0.5, 0.6) is 0 Å². The maximum atomic E-state index is 12.6. The van der Waals surface area contributed by atoms with Gasteiger partial charge >= 0.3 is 12.4 Å². The topological polar surface area (TPSA) is 58.6 Å². The summed E-state index contributed by atoms with van der Waals surface area (Å²) in [6.07, 6.45) is -9.04. The van der Waals surface area contributed by atoms with Crippen molar-refractivity contribution < 1.29 is 26.3 Å². The molecular weight excluding hydrogens is 372 g/mol. The molecule has 0 aliphatic carbocycles. The lowest BCUT2D eigenvalue weighted by Crippen LogP contribution is -2.16. The van der Waals surface area contributed by atoms with Crippen LogP contribution in [0.4, 0.5) is 26.3 Å². The van der Waals surface area contributed by atoms with Gasteiger partial charge in [-0.15, -0.1) is 0 Å². The summed E-state index contributed by atoms with van der Waals surface area (Å²) in [5, 5.41) is -1.17. The van der Waals surface area contributed by atoms with E-state index in [0.29, 0.717) is 24.0 Å². The number of nitrogens with one attached hydrogen (secondary N) is 1. The van der Waals surface area contributed by atoms with Crippen LogP contribution in [0.2, 0.25) is 5.02 Å². The fourth-order valence-corrected chi connectivity index (χ4v) is 2.40. The van der Waals surface area contributed by atoms with Gasteiger partial charge in [0.1, 0.15) is 5.03 Å². The van der Waals surface area contributed by atoms with Crippen molar-refractivity contribution in [3.8, 4) is 0 Å². The summed E-state index contributed by atoms with van der Waals surface area (Å²) in [6.45, 7) is 0. The molecule has 2 aromatic rings. The highest BCUT2D eigenvalue weighted by Gasteiger charge is 2.34. The zero-order valence-electron chi connectivity index (χ0n) is 10.6. The van der Waals surface area contributed by atoms with Crippen molar-refractivity contribution in [1.29, 1.82) is 0 Å². The molecule has 12 heteroatoms. The largest absolute Gasteiger partial charge is 0.433 e. The molecular formula is C11H4ClF6N3OS. The number of H-pyrrole nitrogens is 1. The summed E-state index contributed by atoms with van der Waals surface area (Å²) in [7, 11) is 0. The van der Waals surface area contributed by atoms with Gasteiger partial charge < -0.3 is 4.98 Å². The van der Waals surface area contributed by atoms with E-state index in [2.05, 4.69) is 9.97 Å². The second-order valence-electron chi connectivity index (χ2n) is 4.04. The highest BCUT2D eigenvalue weighted by Crippen LogP contribution is 2.35. The maximum absolute atomic E-state index is 12.6. The van der Waals surface area contributed by atoms with Crippen LogP contribution >= 0.6 is 23.4 Å². The van der Waals surface area contributed by atoms with Gasteiger partial charge in [-0.1, -0.05) is 11.6 Å². The van der Waals surface area contributed by atoms with Gasteiger partial charge in [-0.25, -0.2) is 9.97 Å². The number of halogens is 7. The molecule has 0 saturated heterocycles.